The zero-order chi connectivity index (χ0) is 19.3. The fraction of sp³-hybridized carbons (Fsp3) is 0.440. The summed E-state index contributed by atoms with van der Waals surface area (Å²) >= 11 is 0. The molecule has 0 bridgehead atoms. The highest BCUT2D eigenvalue weighted by molar-refractivity contribution is 5.76. The fourth-order valence-corrected chi connectivity index (χ4v) is 4.55. The van der Waals surface area contributed by atoms with E-state index in [1.165, 1.54) is 16.8 Å². The Balaban J connectivity index is 1.37. The van der Waals surface area contributed by atoms with Crippen LogP contribution in [0.2, 0.25) is 0 Å². The molecule has 0 radical (unpaired) electrons. The highest BCUT2D eigenvalue weighted by Crippen LogP contribution is 2.29. The molecule has 1 amide bonds. The second-order valence-corrected chi connectivity index (χ2v) is 8.33. The van der Waals surface area contributed by atoms with Crippen molar-refractivity contribution in [2.24, 2.45) is 5.92 Å². The number of nitrogens with zero attached hydrogens (tertiary/aromatic N) is 2. The maximum atomic E-state index is 12.6. The van der Waals surface area contributed by atoms with Gasteiger partial charge in [0.2, 0.25) is 5.91 Å². The van der Waals surface area contributed by atoms with Gasteiger partial charge in [0.25, 0.3) is 0 Å². The van der Waals surface area contributed by atoms with Crippen LogP contribution in [0.4, 0.5) is 0 Å². The first-order valence-electron chi connectivity index (χ1n) is 10.6. The van der Waals surface area contributed by atoms with Crippen molar-refractivity contribution < 1.29 is 4.79 Å². The van der Waals surface area contributed by atoms with Crippen molar-refractivity contribution in [1.29, 1.82) is 0 Å². The van der Waals surface area contributed by atoms with Gasteiger partial charge in [0, 0.05) is 36.8 Å². The average Bonchev–Trinajstić information content (AvgIpc) is 3.21. The monoisotopic (exact) mass is 374 g/mol. The molecule has 3 nitrogen and oxygen atoms in total. The van der Waals surface area contributed by atoms with Crippen LogP contribution in [0.15, 0.2) is 54.6 Å². The maximum Gasteiger partial charge on any atom is 0.223 e. The van der Waals surface area contributed by atoms with E-state index < -0.39 is 0 Å². The summed E-state index contributed by atoms with van der Waals surface area (Å²) in [7, 11) is 0. The predicted octanol–water partition coefficient (Wildman–Crippen LogP) is 5.04. The van der Waals surface area contributed by atoms with Gasteiger partial charge in [-0.15, -0.1) is 0 Å². The first kappa shape index (κ1) is 18.9. The maximum absolute atomic E-state index is 12.6. The van der Waals surface area contributed by atoms with Crippen LogP contribution in [0, 0.1) is 12.8 Å². The molecule has 146 valence electrons. The topological polar surface area (TPSA) is 33.2 Å². The van der Waals surface area contributed by atoms with Crippen molar-refractivity contribution in [3.8, 4) is 0 Å². The number of hydrogen-bond donors (Lipinski definition) is 0. The normalized spacial score (nSPS) is 19.9. The lowest BCUT2D eigenvalue weighted by molar-refractivity contribution is -0.132. The van der Waals surface area contributed by atoms with E-state index >= 15 is 0 Å². The van der Waals surface area contributed by atoms with Gasteiger partial charge in [0.05, 0.1) is 0 Å². The first-order chi connectivity index (χ1) is 13.7. The van der Waals surface area contributed by atoms with Crippen LogP contribution in [-0.2, 0) is 11.2 Å². The third-order valence-corrected chi connectivity index (χ3v) is 6.10. The molecule has 1 atom stereocenters. The van der Waals surface area contributed by atoms with Crippen molar-refractivity contribution in [2.75, 3.05) is 13.1 Å². The third-order valence-electron chi connectivity index (χ3n) is 6.10. The molecule has 1 aliphatic heterocycles. The molecule has 1 fully saturated rings. The number of aromatic nitrogens is 1. The molecule has 0 unspecified atom stereocenters. The standard InChI is InChI=1S/C25H30N2O/c1-19-15-22(16-20-7-3-2-4-8-20)17-24(26-19)23-11-13-27(14-12-23)25(28)18-21-9-5-6-10-21/h2-5,7-9,15,17,21,23H,6,10-14,16,18H2,1H3/t21-/m0/s1. The van der Waals surface area contributed by atoms with Crippen LogP contribution in [0.3, 0.4) is 0 Å². The number of carbonyl (C=O) groups is 1. The van der Waals surface area contributed by atoms with E-state index in [0.717, 1.165) is 50.9 Å². The Kier molecular flexibility index (Phi) is 5.90. The van der Waals surface area contributed by atoms with Crippen LogP contribution >= 0.6 is 0 Å². The number of carbonyl (C=O) groups excluding carboxylic acids is 1. The third kappa shape index (κ3) is 4.70. The van der Waals surface area contributed by atoms with Crippen LogP contribution < -0.4 is 0 Å². The number of rotatable bonds is 5. The summed E-state index contributed by atoms with van der Waals surface area (Å²) in [5.74, 6) is 1.26. The Morgan fingerprint density at radius 3 is 2.57 bits per heavy atom. The summed E-state index contributed by atoms with van der Waals surface area (Å²) in [6, 6.07) is 15.1. The Morgan fingerprint density at radius 1 is 1.07 bits per heavy atom. The van der Waals surface area contributed by atoms with E-state index in [9.17, 15) is 4.79 Å². The smallest absolute Gasteiger partial charge is 0.223 e. The molecular formula is C25H30N2O. The van der Waals surface area contributed by atoms with Crippen molar-refractivity contribution in [3.05, 3.63) is 77.1 Å². The van der Waals surface area contributed by atoms with Crippen molar-refractivity contribution in [2.45, 2.75) is 51.4 Å². The number of pyridine rings is 1. The Bertz CT molecular complexity index is 835. The quantitative estimate of drug-likeness (QED) is 0.687. The molecule has 2 heterocycles. The minimum Gasteiger partial charge on any atom is -0.343 e. The second-order valence-electron chi connectivity index (χ2n) is 8.33. The highest BCUT2D eigenvalue weighted by atomic mass is 16.2. The van der Waals surface area contributed by atoms with Crippen LogP contribution in [0.1, 0.15) is 60.5 Å². The molecule has 1 saturated heterocycles. The van der Waals surface area contributed by atoms with Gasteiger partial charge in [-0.3, -0.25) is 9.78 Å². The zero-order valence-electron chi connectivity index (χ0n) is 16.8. The molecular weight excluding hydrogens is 344 g/mol. The van der Waals surface area contributed by atoms with E-state index in [4.69, 9.17) is 4.98 Å². The lowest BCUT2D eigenvalue weighted by atomic mass is 9.91. The van der Waals surface area contributed by atoms with Crippen LogP contribution in [0.25, 0.3) is 0 Å². The number of hydrogen-bond acceptors (Lipinski definition) is 2. The van der Waals surface area contributed by atoms with Crippen molar-refractivity contribution in [3.63, 3.8) is 0 Å². The van der Waals surface area contributed by atoms with E-state index in [0.29, 0.717) is 24.2 Å². The molecule has 4 rings (SSSR count). The largest absolute Gasteiger partial charge is 0.343 e. The molecule has 1 aliphatic carbocycles. The van der Waals surface area contributed by atoms with Crippen molar-refractivity contribution in [1.82, 2.24) is 9.88 Å². The number of allylic oxidation sites excluding steroid dienone is 2. The molecule has 0 spiro atoms. The fourth-order valence-electron chi connectivity index (χ4n) is 4.55. The summed E-state index contributed by atoms with van der Waals surface area (Å²) in [5.41, 5.74) is 4.97. The Labute approximate surface area is 168 Å². The van der Waals surface area contributed by atoms with Crippen LogP contribution in [-0.4, -0.2) is 28.9 Å². The van der Waals surface area contributed by atoms with Gasteiger partial charge in [-0.25, -0.2) is 0 Å². The lowest BCUT2D eigenvalue weighted by Crippen LogP contribution is -2.38. The zero-order valence-corrected chi connectivity index (χ0v) is 16.8. The molecule has 28 heavy (non-hydrogen) atoms. The molecule has 1 aromatic carbocycles. The minimum atomic E-state index is 0.331. The molecule has 2 aliphatic rings. The molecule has 0 saturated carbocycles. The van der Waals surface area contributed by atoms with Gasteiger partial charge >= 0.3 is 0 Å². The number of piperidine rings is 1. The second kappa shape index (κ2) is 8.72. The van der Waals surface area contributed by atoms with Gasteiger partial charge < -0.3 is 4.90 Å². The minimum absolute atomic E-state index is 0.331. The summed E-state index contributed by atoms with van der Waals surface area (Å²) in [5, 5.41) is 0. The summed E-state index contributed by atoms with van der Waals surface area (Å²) in [6.07, 6.45) is 10.4. The Morgan fingerprint density at radius 2 is 1.86 bits per heavy atom. The summed E-state index contributed by atoms with van der Waals surface area (Å²) in [6.45, 7) is 3.82. The van der Waals surface area contributed by atoms with E-state index in [1.807, 2.05) is 0 Å². The SMILES string of the molecule is Cc1cc(Cc2ccccc2)cc(C2CCN(C(=O)C[C@H]3C=CCC3)CC2)n1. The first-order valence-corrected chi connectivity index (χ1v) is 10.6. The van der Waals surface area contributed by atoms with Crippen molar-refractivity contribution >= 4 is 5.91 Å². The van der Waals surface area contributed by atoms with Gasteiger partial charge in [-0.2, -0.15) is 0 Å². The summed E-state index contributed by atoms with van der Waals surface area (Å²) in [4.78, 5) is 19.5. The Hall–Kier alpha value is -2.42. The lowest BCUT2D eigenvalue weighted by Gasteiger charge is -2.32. The average molecular weight is 375 g/mol. The van der Waals surface area contributed by atoms with Gasteiger partial charge in [-0.05, 0) is 68.2 Å². The van der Waals surface area contributed by atoms with E-state index in [-0.39, 0.29) is 0 Å². The number of benzene rings is 1. The number of aryl methyl sites for hydroxylation is 1. The van der Waals surface area contributed by atoms with Crippen LogP contribution in [0.5, 0.6) is 0 Å². The summed E-state index contributed by atoms with van der Waals surface area (Å²) < 4.78 is 0. The highest BCUT2D eigenvalue weighted by Gasteiger charge is 2.26. The molecule has 2 aromatic rings. The number of likely N-dealkylation sites (tertiary alicyclic amines) is 1. The van der Waals surface area contributed by atoms with Gasteiger partial charge in [0.1, 0.15) is 0 Å². The molecule has 0 N–H and O–H groups in total. The molecule has 3 heteroatoms. The van der Waals surface area contributed by atoms with Gasteiger partial charge in [0.15, 0.2) is 0 Å². The van der Waals surface area contributed by atoms with Gasteiger partial charge in [-0.1, -0.05) is 42.5 Å². The predicted molar refractivity (Wildman–Crippen MR) is 113 cm³/mol. The number of amides is 1. The van der Waals surface area contributed by atoms with E-state index in [2.05, 4.69) is 66.4 Å². The van der Waals surface area contributed by atoms with E-state index in [1.54, 1.807) is 0 Å². The molecule has 1 aromatic heterocycles.